The number of hydrogen-bond donors (Lipinski definition) is 0. The molecule has 0 saturated carbocycles. The normalized spacial score (nSPS) is 9.88. The summed E-state index contributed by atoms with van der Waals surface area (Å²) in [5, 5.41) is 2.07. The molecule has 0 aliphatic carbocycles. The molecular weight excluding hydrogens is 252 g/mol. The average Bonchev–Trinajstić information content (AvgIpc) is 1.98. The van der Waals surface area contributed by atoms with Crippen LogP contribution in [0.2, 0.25) is 0 Å². The molecule has 0 aliphatic heterocycles. The predicted octanol–water partition coefficient (Wildman–Crippen LogP) is 3.58. The fourth-order valence-corrected chi connectivity index (χ4v) is 2.28. The van der Waals surface area contributed by atoms with Crippen molar-refractivity contribution in [2.45, 2.75) is 6.92 Å². The van der Waals surface area contributed by atoms with E-state index < -0.39 is 0 Å². The van der Waals surface area contributed by atoms with Gasteiger partial charge in [-0.15, -0.1) is 11.3 Å². The molecule has 3 heteroatoms. The highest BCUT2D eigenvalue weighted by atomic mass is 79.9. The van der Waals surface area contributed by atoms with Crippen LogP contribution < -0.4 is 0 Å². The standard InChI is InChI=1S/C5H4Br2S/c1-3-5(7)4(6)2-8-3/h2H,1H3. The van der Waals surface area contributed by atoms with Crippen molar-refractivity contribution in [2.24, 2.45) is 0 Å². The molecule has 0 radical (unpaired) electrons. The van der Waals surface area contributed by atoms with Gasteiger partial charge < -0.3 is 0 Å². The Morgan fingerprint density at radius 2 is 2.12 bits per heavy atom. The second-order valence-corrected chi connectivity index (χ2v) is 4.18. The van der Waals surface area contributed by atoms with Gasteiger partial charge in [0.05, 0.1) is 0 Å². The van der Waals surface area contributed by atoms with E-state index >= 15 is 0 Å². The average molecular weight is 256 g/mol. The molecule has 0 amide bonds. The molecule has 0 aliphatic rings. The molecule has 0 saturated heterocycles. The molecule has 0 atom stereocenters. The van der Waals surface area contributed by atoms with Gasteiger partial charge in [-0.25, -0.2) is 0 Å². The van der Waals surface area contributed by atoms with Crippen LogP contribution in [0.15, 0.2) is 14.3 Å². The Morgan fingerprint density at radius 1 is 1.50 bits per heavy atom. The maximum Gasteiger partial charge on any atom is 0.0453 e. The maximum atomic E-state index is 3.41. The first-order valence-electron chi connectivity index (χ1n) is 2.11. The van der Waals surface area contributed by atoms with Gasteiger partial charge in [-0.2, -0.15) is 0 Å². The van der Waals surface area contributed by atoms with E-state index in [2.05, 4.69) is 44.2 Å². The van der Waals surface area contributed by atoms with E-state index in [9.17, 15) is 0 Å². The molecule has 1 aromatic rings. The largest absolute Gasteiger partial charge is 0.147 e. The van der Waals surface area contributed by atoms with Gasteiger partial charge in [0.2, 0.25) is 0 Å². The first-order valence-corrected chi connectivity index (χ1v) is 4.57. The lowest BCUT2D eigenvalue weighted by Crippen LogP contribution is -1.57. The van der Waals surface area contributed by atoms with Crippen LogP contribution >= 0.6 is 43.2 Å². The molecule has 1 aromatic heterocycles. The van der Waals surface area contributed by atoms with Gasteiger partial charge in [-0.3, -0.25) is 0 Å². The highest BCUT2D eigenvalue weighted by Crippen LogP contribution is 2.31. The van der Waals surface area contributed by atoms with Crippen LogP contribution in [-0.4, -0.2) is 0 Å². The molecule has 0 N–H and O–H groups in total. The number of rotatable bonds is 0. The molecule has 0 fully saturated rings. The number of hydrogen-bond acceptors (Lipinski definition) is 1. The summed E-state index contributed by atoms with van der Waals surface area (Å²) in [6.07, 6.45) is 0. The zero-order valence-corrected chi connectivity index (χ0v) is 8.23. The summed E-state index contributed by atoms with van der Waals surface area (Å²) in [6.45, 7) is 2.08. The highest BCUT2D eigenvalue weighted by molar-refractivity contribution is 9.13. The first-order chi connectivity index (χ1) is 3.72. The van der Waals surface area contributed by atoms with Gasteiger partial charge in [0, 0.05) is 19.2 Å². The van der Waals surface area contributed by atoms with Crippen LogP contribution in [0.3, 0.4) is 0 Å². The van der Waals surface area contributed by atoms with Gasteiger partial charge >= 0.3 is 0 Å². The van der Waals surface area contributed by atoms with Gasteiger partial charge in [0.15, 0.2) is 0 Å². The maximum absolute atomic E-state index is 3.41. The van der Waals surface area contributed by atoms with Crippen LogP contribution in [0.1, 0.15) is 4.88 Å². The van der Waals surface area contributed by atoms with Crippen molar-refractivity contribution in [1.82, 2.24) is 0 Å². The van der Waals surface area contributed by atoms with Crippen molar-refractivity contribution in [3.8, 4) is 0 Å². The number of aryl methyl sites for hydroxylation is 1. The van der Waals surface area contributed by atoms with E-state index in [-0.39, 0.29) is 0 Å². The van der Waals surface area contributed by atoms with E-state index in [1.165, 1.54) is 9.35 Å². The number of thiophene rings is 1. The summed E-state index contributed by atoms with van der Waals surface area (Å²) >= 11 is 8.53. The first kappa shape index (κ1) is 6.78. The Balaban J connectivity index is 3.19. The predicted molar refractivity (Wildman–Crippen MR) is 44.5 cm³/mol. The minimum absolute atomic E-state index is 1.15. The molecular formula is C5H4Br2S. The van der Waals surface area contributed by atoms with Crippen molar-refractivity contribution >= 4 is 43.2 Å². The lowest BCUT2D eigenvalue weighted by Gasteiger charge is -1.82. The molecule has 0 aromatic carbocycles. The molecule has 1 rings (SSSR count). The van der Waals surface area contributed by atoms with Crippen molar-refractivity contribution in [2.75, 3.05) is 0 Å². The monoisotopic (exact) mass is 254 g/mol. The SMILES string of the molecule is Cc1scc(Br)c1Br. The van der Waals surface area contributed by atoms with Crippen molar-refractivity contribution in [1.29, 1.82) is 0 Å². The topological polar surface area (TPSA) is 0 Å². The summed E-state index contributed by atoms with van der Waals surface area (Å²) in [6, 6.07) is 0. The Hall–Kier alpha value is 0.660. The Labute approximate surface area is 69.2 Å². The summed E-state index contributed by atoms with van der Waals surface area (Å²) in [5.74, 6) is 0. The smallest absolute Gasteiger partial charge is 0.0453 e. The lowest BCUT2D eigenvalue weighted by molar-refractivity contribution is 1.57. The summed E-state index contributed by atoms with van der Waals surface area (Å²) in [5.41, 5.74) is 0. The molecule has 8 heavy (non-hydrogen) atoms. The van der Waals surface area contributed by atoms with Gasteiger partial charge in [0.25, 0.3) is 0 Å². The fourth-order valence-electron chi connectivity index (χ4n) is 0.412. The fraction of sp³-hybridized carbons (Fsp3) is 0.200. The van der Waals surface area contributed by atoms with Crippen LogP contribution in [0.4, 0.5) is 0 Å². The van der Waals surface area contributed by atoms with E-state index in [4.69, 9.17) is 0 Å². The van der Waals surface area contributed by atoms with E-state index in [0.717, 1.165) is 4.47 Å². The Morgan fingerprint density at radius 3 is 2.25 bits per heavy atom. The van der Waals surface area contributed by atoms with Crippen LogP contribution in [0.5, 0.6) is 0 Å². The van der Waals surface area contributed by atoms with E-state index in [0.29, 0.717) is 0 Å². The summed E-state index contributed by atoms with van der Waals surface area (Å²) in [7, 11) is 0. The zero-order valence-electron chi connectivity index (χ0n) is 4.24. The summed E-state index contributed by atoms with van der Waals surface area (Å²) < 4.78 is 2.34. The van der Waals surface area contributed by atoms with Gasteiger partial charge in [-0.05, 0) is 38.8 Å². The quantitative estimate of drug-likeness (QED) is 0.665. The molecule has 0 bridgehead atoms. The third-order valence-electron chi connectivity index (χ3n) is 0.858. The highest BCUT2D eigenvalue weighted by Gasteiger charge is 1.99. The second kappa shape index (κ2) is 2.50. The van der Waals surface area contributed by atoms with Crippen LogP contribution in [0.25, 0.3) is 0 Å². The number of halogens is 2. The second-order valence-electron chi connectivity index (χ2n) is 1.45. The van der Waals surface area contributed by atoms with Crippen LogP contribution in [0, 0.1) is 6.92 Å². The Kier molecular flexibility index (Phi) is 2.12. The zero-order chi connectivity index (χ0) is 6.15. The molecule has 0 spiro atoms. The third kappa shape index (κ3) is 1.14. The lowest BCUT2D eigenvalue weighted by atomic mass is 10.5. The van der Waals surface area contributed by atoms with Crippen molar-refractivity contribution < 1.29 is 0 Å². The minimum Gasteiger partial charge on any atom is -0.147 e. The third-order valence-corrected chi connectivity index (χ3v) is 4.51. The molecule has 1 heterocycles. The van der Waals surface area contributed by atoms with Crippen LogP contribution in [-0.2, 0) is 0 Å². The Bertz CT molecular complexity index is 173. The van der Waals surface area contributed by atoms with Crippen molar-refractivity contribution in [3.63, 3.8) is 0 Å². The van der Waals surface area contributed by atoms with Crippen molar-refractivity contribution in [3.05, 3.63) is 19.2 Å². The van der Waals surface area contributed by atoms with E-state index in [1.807, 2.05) is 0 Å². The van der Waals surface area contributed by atoms with Gasteiger partial charge in [0.1, 0.15) is 0 Å². The molecule has 0 unspecified atom stereocenters. The molecule has 44 valence electrons. The van der Waals surface area contributed by atoms with E-state index in [1.54, 1.807) is 11.3 Å². The van der Waals surface area contributed by atoms with Gasteiger partial charge in [-0.1, -0.05) is 0 Å². The summed E-state index contributed by atoms with van der Waals surface area (Å²) in [4.78, 5) is 1.32. The molecule has 0 nitrogen and oxygen atoms in total. The minimum atomic E-state index is 1.15.